The predicted octanol–water partition coefficient (Wildman–Crippen LogP) is 0.980. The Morgan fingerprint density at radius 3 is 1.44 bits per heavy atom. The normalized spacial score (nSPS) is 19.2. The summed E-state index contributed by atoms with van der Waals surface area (Å²) < 4.78 is 19.5. The van der Waals surface area contributed by atoms with E-state index in [0.29, 0.717) is 10.2 Å². The average molecular weight is 450 g/mol. The summed E-state index contributed by atoms with van der Waals surface area (Å²) in [6.45, 7) is 25.2. The van der Waals surface area contributed by atoms with Gasteiger partial charge in [0.2, 0.25) is 5.91 Å². The number of hydrogen-bond acceptors (Lipinski definition) is 4. The monoisotopic (exact) mass is 449 g/mol. The molecule has 0 aliphatic rings. The van der Waals surface area contributed by atoms with Gasteiger partial charge >= 0.3 is 0 Å². The Labute approximate surface area is 177 Å². The lowest BCUT2D eigenvalue weighted by molar-refractivity contribution is -0.199. The van der Waals surface area contributed by atoms with Crippen molar-refractivity contribution in [3.8, 4) is 0 Å². The van der Waals surface area contributed by atoms with Crippen LogP contribution in [0.3, 0.4) is 0 Å². The molecule has 0 aliphatic heterocycles. The fraction of sp³-hybridized carbons (Fsp3) is 0.833. The molecule has 1 N–H and O–H groups in total. The number of carbonyl (C=O) groups is 1. The summed E-state index contributed by atoms with van der Waals surface area (Å²) in [5.74, 6) is -1.21. The zero-order valence-electron chi connectivity index (χ0n) is 19.5. The number of nitrogens with one attached hydrogen (secondary N) is 1. The molecule has 0 aromatic heterocycles. The Morgan fingerprint density at radius 1 is 0.815 bits per heavy atom. The van der Waals surface area contributed by atoms with Gasteiger partial charge < -0.3 is 18.6 Å². The number of hydrogen-bond donors (Lipinski definition) is 1. The topological polar surface area (TPSA) is 56.8 Å². The zero-order valence-corrected chi connectivity index (χ0v) is 25.8. The molecule has 0 aromatic carbocycles. The molecule has 9 heteroatoms. The van der Waals surface area contributed by atoms with E-state index in [1.165, 1.54) is 6.08 Å². The molecule has 0 saturated heterocycles. The van der Waals surface area contributed by atoms with Crippen molar-refractivity contribution >= 4 is 45.4 Å². The van der Waals surface area contributed by atoms with Crippen LogP contribution >= 0.6 is 0 Å². The first-order chi connectivity index (χ1) is 11.8. The molecule has 0 aromatic rings. The molecule has 0 heterocycles. The molecule has 0 radical (unpaired) electrons. The van der Waals surface area contributed by atoms with Crippen molar-refractivity contribution in [2.24, 2.45) is 0 Å². The van der Waals surface area contributed by atoms with Crippen molar-refractivity contribution in [1.29, 1.82) is 0 Å². The molecule has 0 aliphatic carbocycles. The third-order valence-corrected chi connectivity index (χ3v) is 10.5. The van der Waals surface area contributed by atoms with Gasteiger partial charge in [-0.05, 0) is 28.1 Å². The highest BCUT2D eigenvalue weighted by Crippen LogP contribution is 2.34. The first-order valence-corrected chi connectivity index (χ1v) is 14.5. The molecular weight excluding hydrogens is 407 g/mol. The molecular formula is C18H43NO4Si4. The maximum Gasteiger partial charge on any atom is 0.245 e. The Bertz CT molecular complexity index is 491. The van der Waals surface area contributed by atoms with Crippen molar-refractivity contribution in [2.45, 2.75) is 95.5 Å². The molecule has 160 valence electrons. The molecule has 1 unspecified atom stereocenters. The Kier molecular flexibility index (Phi) is 9.62. The van der Waals surface area contributed by atoms with Crippen LogP contribution in [0.5, 0.6) is 0 Å². The second-order valence-corrected chi connectivity index (χ2v) is 20.7. The van der Waals surface area contributed by atoms with Gasteiger partial charge in [-0.25, -0.2) is 0 Å². The quantitative estimate of drug-likeness (QED) is 0.324. The van der Waals surface area contributed by atoms with Crippen LogP contribution in [-0.2, 0) is 18.1 Å². The maximum absolute atomic E-state index is 12.2. The van der Waals surface area contributed by atoms with Crippen molar-refractivity contribution in [1.82, 2.24) is 5.32 Å². The lowest BCUT2D eigenvalue weighted by Gasteiger charge is -2.49. The largest absolute Gasteiger partial charge is 0.401 e. The van der Waals surface area contributed by atoms with E-state index >= 15 is 0 Å². The van der Waals surface area contributed by atoms with E-state index in [4.69, 9.17) is 13.3 Å². The van der Waals surface area contributed by atoms with Gasteiger partial charge in [-0.1, -0.05) is 68.9 Å². The number of amides is 1. The van der Waals surface area contributed by atoms with E-state index in [-0.39, 0.29) is 21.0 Å². The summed E-state index contributed by atoms with van der Waals surface area (Å²) in [4.78, 5) is 12.2. The lowest BCUT2D eigenvalue weighted by Crippen LogP contribution is -2.69. The maximum atomic E-state index is 12.2. The summed E-state index contributed by atoms with van der Waals surface area (Å²) in [5.41, 5.74) is 0. The average Bonchev–Trinajstić information content (AvgIpc) is 2.46. The summed E-state index contributed by atoms with van der Waals surface area (Å²) in [6.07, 6.45) is 1.29. The highest BCUT2D eigenvalue weighted by molar-refractivity contribution is 6.35. The minimum atomic E-state index is -0.963. The van der Waals surface area contributed by atoms with Crippen molar-refractivity contribution in [2.75, 3.05) is 0 Å². The third-order valence-electron chi connectivity index (χ3n) is 3.77. The molecule has 1 atom stereocenters. The van der Waals surface area contributed by atoms with Gasteiger partial charge in [0.15, 0.2) is 40.4 Å². The Balaban J connectivity index is 5.88. The van der Waals surface area contributed by atoms with Crippen LogP contribution in [0.15, 0.2) is 12.7 Å². The molecule has 0 spiro atoms. The highest BCUT2D eigenvalue weighted by atomic mass is 28.2. The fourth-order valence-corrected chi connectivity index (χ4v) is 6.86. The fourth-order valence-electron chi connectivity index (χ4n) is 1.95. The van der Waals surface area contributed by atoms with E-state index < -0.39 is 40.4 Å². The minimum Gasteiger partial charge on any atom is -0.401 e. The SMILES string of the molecule is C=CC(=O)NC([SiH3])(O[SiH2]C(C)(C)C)C(C)(O[SiH2]C(C)(C)C)O[SiH2]C(C)(C)C. The molecule has 0 fully saturated rings. The molecule has 1 amide bonds. The van der Waals surface area contributed by atoms with Gasteiger partial charge in [0.05, 0.1) is 10.2 Å². The van der Waals surface area contributed by atoms with Gasteiger partial charge in [0.25, 0.3) is 0 Å². The molecule has 5 nitrogen and oxygen atoms in total. The third kappa shape index (κ3) is 10.9. The lowest BCUT2D eigenvalue weighted by atomic mass is 10.2. The Hall–Kier alpha value is -0.0425. The summed E-state index contributed by atoms with van der Waals surface area (Å²) >= 11 is 0. The summed E-state index contributed by atoms with van der Waals surface area (Å²) in [6, 6.07) is 0. The molecule has 0 saturated carbocycles. The van der Waals surface area contributed by atoms with Crippen LogP contribution in [-0.4, -0.2) is 56.6 Å². The smallest absolute Gasteiger partial charge is 0.245 e. The van der Waals surface area contributed by atoms with Crippen LogP contribution in [0, 0.1) is 0 Å². The van der Waals surface area contributed by atoms with Gasteiger partial charge in [0, 0.05) is 0 Å². The second kappa shape index (κ2) is 9.64. The van der Waals surface area contributed by atoms with Crippen LogP contribution in [0.2, 0.25) is 15.1 Å². The Morgan fingerprint density at radius 2 is 1.15 bits per heavy atom. The van der Waals surface area contributed by atoms with Crippen LogP contribution in [0.25, 0.3) is 0 Å². The summed E-state index contributed by atoms with van der Waals surface area (Å²) in [5, 5.41) is 2.44. The molecule has 0 bridgehead atoms. The minimum absolute atomic E-state index is 0.0956. The van der Waals surface area contributed by atoms with Crippen LogP contribution < -0.4 is 5.32 Å². The number of rotatable bonds is 9. The standard InChI is InChI=1S/C18H43NO4Si4/c1-12-13(20)19-18(24,23-27-16(8,9)10)17(11,21-25-14(2,3)4)22-26-15(5,6)7/h12H,1,25-27H2,2-11,24H3,(H,19,20). The van der Waals surface area contributed by atoms with E-state index in [0.717, 1.165) is 0 Å². The van der Waals surface area contributed by atoms with Gasteiger partial charge in [-0.3, -0.25) is 4.79 Å². The summed E-state index contributed by atoms with van der Waals surface area (Å²) in [7, 11) is -2.20. The second-order valence-electron chi connectivity index (χ2n) is 11.2. The molecule has 27 heavy (non-hydrogen) atoms. The van der Waals surface area contributed by atoms with E-state index in [2.05, 4.69) is 74.2 Å². The van der Waals surface area contributed by atoms with Gasteiger partial charge in [-0.15, -0.1) is 0 Å². The predicted molar refractivity (Wildman–Crippen MR) is 127 cm³/mol. The number of carbonyl (C=O) groups excluding carboxylic acids is 1. The van der Waals surface area contributed by atoms with Gasteiger partial charge in [0.1, 0.15) is 0 Å². The van der Waals surface area contributed by atoms with Crippen LogP contribution in [0.4, 0.5) is 0 Å². The van der Waals surface area contributed by atoms with Gasteiger partial charge in [-0.2, -0.15) is 0 Å². The van der Waals surface area contributed by atoms with Crippen molar-refractivity contribution in [3.63, 3.8) is 0 Å². The first kappa shape index (κ1) is 27.0. The van der Waals surface area contributed by atoms with Crippen molar-refractivity contribution < 1.29 is 18.1 Å². The van der Waals surface area contributed by atoms with E-state index in [1.54, 1.807) is 0 Å². The van der Waals surface area contributed by atoms with E-state index in [1.807, 2.05) is 6.92 Å². The van der Waals surface area contributed by atoms with E-state index in [9.17, 15) is 4.79 Å². The first-order valence-electron chi connectivity index (χ1n) is 9.69. The van der Waals surface area contributed by atoms with Crippen molar-refractivity contribution in [3.05, 3.63) is 12.7 Å². The van der Waals surface area contributed by atoms with Crippen LogP contribution in [0.1, 0.15) is 69.2 Å². The zero-order chi connectivity index (χ0) is 21.7. The molecule has 0 rings (SSSR count). The highest BCUT2D eigenvalue weighted by Gasteiger charge is 2.49.